The highest BCUT2D eigenvalue weighted by molar-refractivity contribution is 5.89. The predicted octanol–water partition coefficient (Wildman–Crippen LogP) is 3.32. The summed E-state index contributed by atoms with van der Waals surface area (Å²) in [4.78, 5) is 23.6. The van der Waals surface area contributed by atoms with Gasteiger partial charge in [-0.05, 0) is 42.0 Å². The third-order valence-corrected chi connectivity index (χ3v) is 4.66. The Morgan fingerprint density at radius 3 is 2.88 bits per heavy atom. The summed E-state index contributed by atoms with van der Waals surface area (Å²) in [7, 11) is 0. The molecule has 0 heterocycles. The lowest BCUT2D eigenvalue weighted by atomic mass is 9.78. The fraction of sp³-hybridized carbons (Fsp3) is 0.474. The van der Waals surface area contributed by atoms with Crippen molar-refractivity contribution in [3.8, 4) is 0 Å². The van der Waals surface area contributed by atoms with E-state index in [4.69, 9.17) is 4.74 Å². The van der Waals surface area contributed by atoms with Crippen LogP contribution < -0.4 is 5.32 Å². The smallest absolute Gasteiger partial charge is 0.331 e. The first kappa shape index (κ1) is 18.2. The third kappa shape index (κ3) is 5.48. The number of rotatable bonds is 5. The highest BCUT2D eigenvalue weighted by Gasteiger charge is 2.28. The van der Waals surface area contributed by atoms with Crippen molar-refractivity contribution in [2.75, 3.05) is 6.61 Å². The SMILES string of the molecule is C[C@H]1[C@H](C)CCC[C@@H]1NC(=O)COC(=O)/C=C/c1cccc(F)c1. The van der Waals surface area contributed by atoms with E-state index in [0.29, 0.717) is 17.4 Å². The van der Waals surface area contributed by atoms with E-state index in [0.717, 1.165) is 12.8 Å². The Kier molecular flexibility index (Phi) is 6.53. The van der Waals surface area contributed by atoms with Gasteiger partial charge in [-0.1, -0.05) is 38.8 Å². The third-order valence-electron chi connectivity index (χ3n) is 4.66. The molecule has 1 aromatic carbocycles. The first-order valence-corrected chi connectivity index (χ1v) is 8.35. The number of ether oxygens (including phenoxy) is 1. The molecule has 0 unspecified atom stereocenters. The second-order valence-electron chi connectivity index (χ2n) is 6.44. The van der Waals surface area contributed by atoms with E-state index in [1.165, 1.54) is 30.7 Å². The van der Waals surface area contributed by atoms with Crippen LogP contribution in [0.15, 0.2) is 30.3 Å². The van der Waals surface area contributed by atoms with Gasteiger partial charge in [0.2, 0.25) is 0 Å². The van der Waals surface area contributed by atoms with E-state index >= 15 is 0 Å². The van der Waals surface area contributed by atoms with Crippen LogP contribution in [0.4, 0.5) is 4.39 Å². The zero-order valence-corrected chi connectivity index (χ0v) is 14.1. The van der Waals surface area contributed by atoms with Crippen molar-refractivity contribution >= 4 is 18.0 Å². The summed E-state index contributed by atoms with van der Waals surface area (Å²) in [5.74, 6) is -0.277. The quantitative estimate of drug-likeness (QED) is 0.664. The van der Waals surface area contributed by atoms with Crippen LogP contribution >= 0.6 is 0 Å². The minimum atomic E-state index is -0.625. The number of benzene rings is 1. The molecule has 0 bridgehead atoms. The lowest BCUT2D eigenvalue weighted by Gasteiger charge is -2.34. The largest absolute Gasteiger partial charge is 0.452 e. The first-order valence-electron chi connectivity index (χ1n) is 8.35. The maximum atomic E-state index is 13.0. The molecule has 3 atom stereocenters. The number of amides is 1. The zero-order valence-electron chi connectivity index (χ0n) is 14.1. The van der Waals surface area contributed by atoms with Crippen molar-refractivity contribution in [1.82, 2.24) is 5.32 Å². The average Bonchev–Trinajstić information content (AvgIpc) is 2.55. The van der Waals surface area contributed by atoms with E-state index in [1.54, 1.807) is 12.1 Å². The summed E-state index contributed by atoms with van der Waals surface area (Å²) in [6.45, 7) is 4.03. The number of esters is 1. The summed E-state index contributed by atoms with van der Waals surface area (Å²) < 4.78 is 18.0. The molecule has 1 amide bonds. The van der Waals surface area contributed by atoms with Gasteiger partial charge in [0.1, 0.15) is 5.82 Å². The highest BCUT2D eigenvalue weighted by Crippen LogP contribution is 2.29. The number of halogens is 1. The summed E-state index contributed by atoms with van der Waals surface area (Å²) >= 11 is 0. The molecule has 5 heteroatoms. The van der Waals surface area contributed by atoms with Crippen molar-refractivity contribution in [2.24, 2.45) is 11.8 Å². The molecule has 0 saturated heterocycles. The fourth-order valence-electron chi connectivity index (χ4n) is 2.99. The molecule has 0 aliphatic heterocycles. The van der Waals surface area contributed by atoms with Crippen molar-refractivity contribution in [2.45, 2.75) is 39.2 Å². The maximum Gasteiger partial charge on any atom is 0.331 e. The molecular weight excluding hydrogens is 309 g/mol. The minimum absolute atomic E-state index is 0.141. The predicted molar refractivity (Wildman–Crippen MR) is 90.5 cm³/mol. The number of nitrogens with one attached hydrogen (secondary N) is 1. The normalized spacial score (nSPS) is 23.9. The Bertz CT molecular complexity index is 614. The van der Waals surface area contributed by atoms with Gasteiger partial charge < -0.3 is 10.1 Å². The maximum absolute atomic E-state index is 13.0. The molecule has 0 aromatic heterocycles. The Labute approximate surface area is 142 Å². The minimum Gasteiger partial charge on any atom is -0.452 e. The number of hydrogen-bond acceptors (Lipinski definition) is 3. The van der Waals surface area contributed by atoms with Crippen LogP contribution in [0.2, 0.25) is 0 Å². The first-order chi connectivity index (χ1) is 11.5. The standard InChI is InChI=1S/C19H24FNO3/c1-13-5-3-8-17(14(13)2)21-18(22)12-24-19(23)10-9-15-6-4-7-16(20)11-15/h4,6-7,9-11,13-14,17H,3,5,8,12H2,1-2H3,(H,21,22)/b10-9+/t13-,14+,17+/m1/s1. The van der Waals surface area contributed by atoms with Crippen LogP contribution in [-0.2, 0) is 14.3 Å². The van der Waals surface area contributed by atoms with Gasteiger partial charge in [0, 0.05) is 12.1 Å². The van der Waals surface area contributed by atoms with Crippen molar-refractivity contribution in [1.29, 1.82) is 0 Å². The van der Waals surface area contributed by atoms with E-state index in [1.807, 2.05) is 0 Å². The van der Waals surface area contributed by atoms with Gasteiger partial charge in [0.05, 0.1) is 0 Å². The van der Waals surface area contributed by atoms with E-state index in [9.17, 15) is 14.0 Å². The van der Waals surface area contributed by atoms with Crippen LogP contribution in [0.25, 0.3) is 6.08 Å². The van der Waals surface area contributed by atoms with Crippen LogP contribution in [0.1, 0.15) is 38.7 Å². The van der Waals surface area contributed by atoms with E-state index in [2.05, 4.69) is 19.2 Å². The van der Waals surface area contributed by atoms with Gasteiger partial charge in [0.25, 0.3) is 5.91 Å². The summed E-state index contributed by atoms with van der Waals surface area (Å²) in [6.07, 6.45) is 5.90. The van der Waals surface area contributed by atoms with Crippen LogP contribution in [-0.4, -0.2) is 24.5 Å². The molecule has 1 aromatic rings. The molecule has 4 nitrogen and oxygen atoms in total. The van der Waals surface area contributed by atoms with E-state index < -0.39 is 5.97 Å². The van der Waals surface area contributed by atoms with Crippen molar-refractivity contribution < 1.29 is 18.7 Å². The summed E-state index contributed by atoms with van der Waals surface area (Å²) in [6, 6.07) is 6.00. The van der Waals surface area contributed by atoms with Crippen LogP contribution in [0, 0.1) is 17.7 Å². The van der Waals surface area contributed by atoms with Gasteiger partial charge in [-0.15, -0.1) is 0 Å². The van der Waals surface area contributed by atoms with Gasteiger partial charge in [-0.2, -0.15) is 0 Å². The molecule has 130 valence electrons. The molecule has 1 fully saturated rings. The Balaban J connectivity index is 1.76. The average molecular weight is 333 g/mol. The Morgan fingerprint density at radius 2 is 2.12 bits per heavy atom. The second-order valence-corrected chi connectivity index (χ2v) is 6.44. The van der Waals surface area contributed by atoms with Crippen molar-refractivity contribution in [3.63, 3.8) is 0 Å². The second kappa shape index (κ2) is 8.62. The van der Waals surface area contributed by atoms with Gasteiger partial charge >= 0.3 is 5.97 Å². The van der Waals surface area contributed by atoms with Gasteiger partial charge in [0.15, 0.2) is 6.61 Å². The summed E-state index contributed by atoms with van der Waals surface area (Å²) in [5, 5.41) is 2.95. The Morgan fingerprint density at radius 1 is 1.33 bits per heavy atom. The molecule has 24 heavy (non-hydrogen) atoms. The summed E-state index contributed by atoms with van der Waals surface area (Å²) in [5.41, 5.74) is 0.557. The zero-order chi connectivity index (χ0) is 17.5. The van der Waals surface area contributed by atoms with Gasteiger partial charge in [-0.25, -0.2) is 9.18 Å². The molecule has 1 aliphatic carbocycles. The highest BCUT2D eigenvalue weighted by atomic mass is 19.1. The van der Waals surface area contributed by atoms with Crippen LogP contribution in [0.3, 0.4) is 0 Å². The van der Waals surface area contributed by atoms with E-state index in [-0.39, 0.29) is 24.4 Å². The molecule has 2 rings (SSSR count). The number of carbonyl (C=O) groups excluding carboxylic acids is 2. The molecular formula is C19H24FNO3. The lowest BCUT2D eigenvalue weighted by Crippen LogP contribution is -2.45. The number of hydrogen-bond donors (Lipinski definition) is 1. The van der Waals surface area contributed by atoms with Crippen molar-refractivity contribution in [3.05, 3.63) is 41.7 Å². The number of carbonyl (C=O) groups is 2. The molecule has 1 aliphatic rings. The lowest BCUT2D eigenvalue weighted by molar-refractivity contribution is -0.144. The topological polar surface area (TPSA) is 55.4 Å². The molecule has 0 spiro atoms. The Hall–Kier alpha value is -2.17. The van der Waals surface area contributed by atoms with Crippen LogP contribution in [0.5, 0.6) is 0 Å². The van der Waals surface area contributed by atoms with Gasteiger partial charge in [-0.3, -0.25) is 4.79 Å². The molecule has 1 N–H and O–H groups in total. The molecule has 1 saturated carbocycles. The molecule has 0 radical (unpaired) electrons. The monoisotopic (exact) mass is 333 g/mol. The fourth-order valence-corrected chi connectivity index (χ4v) is 2.99.